The second-order valence-electron chi connectivity index (χ2n) is 5.45. The zero-order chi connectivity index (χ0) is 19.1. The van der Waals surface area contributed by atoms with Gasteiger partial charge in [0.25, 0.3) is 5.91 Å². The van der Waals surface area contributed by atoms with Crippen molar-refractivity contribution in [2.45, 2.75) is 6.92 Å². The molecule has 0 saturated carbocycles. The summed E-state index contributed by atoms with van der Waals surface area (Å²) >= 11 is 0. The van der Waals surface area contributed by atoms with E-state index in [0.717, 1.165) is 0 Å². The normalized spacial score (nSPS) is 9.93. The van der Waals surface area contributed by atoms with Crippen LogP contribution in [0.5, 0.6) is 5.75 Å². The van der Waals surface area contributed by atoms with Gasteiger partial charge >= 0.3 is 0 Å². The molecule has 2 N–H and O–H groups in total. The molecule has 1 heterocycles. The molecule has 1 aromatic heterocycles. The first-order valence-corrected chi connectivity index (χ1v) is 8.32. The number of nitrogens with one attached hydrogen (secondary N) is 2. The van der Waals surface area contributed by atoms with Gasteiger partial charge in [0.05, 0.1) is 23.5 Å². The number of amides is 1. The number of para-hydroxylation sites is 3. The van der Waals surface area contributed by atoms with E-state index >= 15 is 0 Å². The number of carbonyl (C=O) groups excluding carboxylic acids is 1. The second kappa shape index (κ2) is 8.45. The molecular formula is C20H17N5O2. The van der Waals surface area contributed by atoms with E-state index in [2.05, 4.69) is 26.7 Å². The predicted molar refractivity (Wildman–Crippen MR) is 102 cm³/mol. The fourth-order valence-corrected chi connectivity index (χ4v) is 2.42. The van der Waals surface area contributed by atoms with Crippen molar-refractivity contribution >= 4 is 23.1 Å². The Balaban J connectivity index is 1.79. The molecule has 0 spiro atoms. The van der Waals surface area contributed by atoms with Crippen LogP contribution in [0.15, 0.2) is 60.9 Å². The number of carbonyl (C=O) groups is 1. The molecule has 27 heavy (non-hydrogen) atoms. The first kappa shape index (κ1) is 17.9. The van der Waals surface area contributed by atoms with E-state index in [-0.39, 0.29) is 11.6 Å². The van der Waals surface area contributed by atoms with E-state index in [9.17, 15) is 10.1 Å². The van der Waals surface area contributed by atoms with E-state index in [1.807, 2.05) is 25.1 Å². The van der Waals surface area contributed by atoms with Crippen LogP contribution in [0, 0.1) is 11.3 Å². The van der Waals surface area contributed by atoms with Crippen LogP contribution in [0.3, 0.4) is 0 Å². The van der Waals surface area contributed by atoms with Crippen LogP contribution in [0.2, 0.25) is 0 Å². The molecule has 2 aromatic carbocycles. The van der Waals surface area contributed by atoms with Crippen LogP contribution in [0.1, 0.15) is 23.0 Å². The van der Waals surface area contributed by atoms with Crippen LogP contribution >= 0.6 is 0 Å². The third-order valence-electron chi connectivity index (χ3n) is 3.65. The Morgan fingerprint density at radius 1 is 1.11 bits per heavy atom. The summed E-state index contributed by atoms with van der Waals surface area (Å²) in [4.78, 5) is 20.7. The molecule has 0 aliphatic rings. The number of hydrogen-bond donors (Lipinski definition) is 2. The number of aromatic nitrogens is 2. The second-order valence-corrected chi connectivity index (χ2v) is 5.45. The topological polar surface area (TPSA) is 99.9 Å². The lowest BCUT2D eigenvalue weighted by Crippen LogP contribution is -2.15. The Bertz CT molecular complexity index is 997. The first-order chi connectivity index (χ1) is 13.2. The predicted octanol–water partition coefficient (Wildman–Crippen LogP) is 3.74. The molecule has 0 fully saturated rings. The van der Waals surface area contributed by atoms with E-state index in [1.165, 1.54) is 12.4 Å². The average Bonchev–Trinajstić information content (AvgIpc) is 2.70. The fourth-order valence-electron chi connectivity index (χ4n) is 2.42. The lowest BCUT2D eigenvalue weighted by Gasteiger charge is -2.11. The van der Waals surface area contributed by atoms with Crippen LogP contribution in [-0.4, -0.2) is 22.5 Å². The molecule has 7 heteroatoms. The molecule has 0 aliphatic carbocycles. The molecule has 1 amide bonds. The molecule has 3 aromatic rings. The molecular weight excluding hydrogens is 342 g/mol. The van der Waals surface area contributed by atoms with Crippen molar-refractivity contribution in [2.75, 3.05) is 17.2 Å². The van der Waals surface area contributed by atoms with Gasteiger partial charge in [0.1, 0.15) is 29.7 Å². The minimum absolute atomic E-state index is 0.188. The maximum atomic E-state index is 12.6. The lowest BCUT2D eigenvalue weighted by molar-refractivity contribution is 0.102. The number of nitrogens with zero attached hydrogens (tertiary/aromatic N) is 3. The van der Waals surface area contributed by atoms with Gasteiger partial charge in [-0.2, -0.15) is 5.26 Å². The highest BCUT2D eigenvalue weighted by molar-refractivity contribution is 6.04. The zero-order valence-electron chi connectivity index (χ0n) is 14.6. The maximum Gasteiger partial charge on any atom is 0.274 e. The van der Waals surface area contributed by atoms with Crippen molar-refractivity contribution in [3.05, 3.63) is 72.2 Å². The maximum absolute atomic E-state index is 12.6. The minimum atomic E-state index is -0.388. The summed E-state index contributed by atoms with van der Waals surface area (Å²) in [6, 6.07) is 17.9. The van der Waals surface area contributed by atoms with Gasteiger partial charge in [-0.05, 0) is 31.2 Å². The molecule has 134 valence electrons. The van der Waals surface area contributed by atoms with Crippen LogP contribution < -0.4 is 15.4 Å². The summed E-state index contributed by atoms with van der Waals surface area (Å²) < 4.78 is 5.51. The molecule has 0 bridgehead atoms. The molecule has 0 atom stereocenters. The van der Waals surface area contributed by atoms with Crippen molar-refractivity contribution < 1.29 is 9.53 Å². The van der Waals surface area contributed by atoms with E-state index in [4.69, 9.17) is 4.74 Å². The Morgan fingerprint density at radius 2 is 1.85 bits per heavy atom. The molecule has 7 nitrogen and oxygen atoms in total. The van der Waals surface area contributed by atoms with Crippen molar-refractivity contribution in [2.24, 2.45) is 0 Å². The number of benzene rings is 2. The zero-order valence-corrected chi connectivity index (χ0v) is 14.6. The van der Waals surface area contributed by atoms with Crippen LogP contribution in [-0.2, 0) is 0 Å². The number of anilines is 3. The van der Waals surface area contributed by atoms with Crippen molar-refractivity contribution in [1.82, 2.24) is 9.97 Å². The van der Waals surface area contributed by atoms with Crippen molar-refractivity contribution in [3.63, 3.8) is 0 Å². The van der Waals surface area contributed by atoms with Gasteiger partial charge in [0, 0.05) is 6.07 Å². The summed E-state index contributed by atoms with van der Waals surface area (Å²) in [5, 5.41) is 15.0. The Hall–Kier alpha value is -3.92. The summed E-state index contributed by atoms with van der Waals surface area (Å²) in [7, 11) is 0. The number of hydrogen-bond acceptors (Lipinski definition) is 6. The van der Waals surface area contributed by atoms with Crippen LogP contribution in [0.25, 0.3) is 0 Å². The monoisotopic (exact) mass is 359 g/mol. The van der Waals surface area contributed by atoms with Crippen molar-refractivity contribution in [1.29, 1.82) is 5.26 Å². The number of rotatable bonds is 6. The molecule has 0 radical (unpaired) electrons. The van der Waals surface area contributed by atoms with E-state index in [1.54, 1.807) is 30.3 Å². The van der Waals surface area contributed by atoms with Gasteiger partial charge in [-0.15, -0.1) is 0 Å². The van der Waals surface area contributed by atoms with E-state index < -0.39 is 0 Å². The summed E-state index contributed by atoms with van der Waals surface area (Å²) in [5.74, 6) is 0.612. The first-order valence-electron chi connectivity index (χ1n) is 8.32. The Kier molecular flexibility index (Phi) is 5.60. The average molecular weight is 359 g/mol. The number of nitriles is 1. The molecule has 0 unspecified atom stereocenters. The molecule has 0 aliphatic heterocycles. The Labute approximate surface area is 156 Å². The standard InChI is InChI=1S/C20H17N5O2/c1-2-27-18-10-6-5-9-16(18)25-20(26)17-11-19(23-13-22-17)24-15-8-4-3-7-14(15)12-21/h3-11,13H,2H2,1H3,(H,25,26)(H,22,23,24). The largest absolute Gasteiger partial charge is 0.492 e. The lowest BCUT2D eigenvalue weighted by atomic mass is 10.2. The summed E-state index contributed by atoms with van der Waals surface area (Å²) in [6.07, 6.45) is 1.29. The van der Waals surface area contributed by atoms with Gasteiger partial charge in [0.15, 0.2) is 0 Å². The van der Waals surface area contributed by atoms with Gasteiger partial charge in [-0.3, -0.25) is 4.79 Å². The van der Waals surface area contributed by atoms with E-state index in [0.29, 0.717) is 35.1 Å². The van der Waals surface area contributed by atoms with Gasteiger partial charge in [0.2, 0.25) is 0 Å². The fraction of sp³-hybridized carbons (Fsp3) is 0.100. The summed E-state index contributed by atoms with van der Waals surface area (Å²) in [6.45, 7) is 2.37. The van der Waals surface area contributed by atoms with Crippen molar-refractivity contribution in [3.8, 4) is 11.8 Å². The quantitative estimate of drug-likeness (QED) is 0.695. The third-order valence-corrected chi connectivity index (χ3v) is 3.65. The highest BCUT2D eigenvalue weighted by atomic mass is 16.5. The van der Waals surface area contributed by atoms with Crippen LogP contribution in [0.4, 0.5) is 17.2 Å². The number of ether oxygens (including phenoxy) is 1. The smallest absolute Gasteiger partial charge is 0.274 e. The SMILES string of the molecule is CCOc1ccccc1NC(=O)c1cc(Nc2ccccc2C#N)ncn1. The summed E-state index contributed by atoms with van der Waals surface area (Å²) in [5.41, 5.74) is 1.83. The van der Waals surface area contributed by atoms with Gasteiger partial charge in [-0.1, -0.05) is 24.3 Å². The highest BCUT2D eigenvalue weighted by Gasteiger charge is 2.12. The van der Waals surface area contributed by atoms with Gasteiger partial charge < -0.3 is 15.4 Å². The third kappa shape index (κ3) is 4.38. The van der Waals surface area contributed by atoms with Gasteiger partial charge in [-0.25, -0.2) is 9.97 Å². The Morgan fingerprint density at radius 3 is 2.63 bits per heavy atom. The molecule has 3 rings (SSSR count). The minimum Gasteiger partial charge on any atom is -0.492 e. The molecule has 0 saturated heterocycles. The highest BCUT2D eigenvalue weighted by Crippen LogP contribution is 2.24.